The molecule has 2 N–H and O–H groups in total. The second kappa shape index (κ2) is 12.3. The predicted octanol–water partition coefficient (Wildman–Crippen LogP) is 0.419. The molecular weight excluding hydrogens is 449 g/mol. The van der Waals surface area contributed by atoms with Gasteiger partial charge in [-0.15, -0.1) is 24.0 Å². The first kappa shape index (κ1) is 22.9. The second-order valence-corrected chi connectivity index (χ2v) is 6.33. The van der Waals surface area contributed by atoms with Gasteiger partial charge in [0.05, 0.1) is 0 Å². The fraction of sp³-hybridized carbons (Fsp3) is 0.824. The molecule has 0 aromatic rings. The first-order valence-corrected chi connectivity index (χ1v) is 9.36. The molecule has 2 saturated heterocycles. The van der Waals surface area contributed by atoms with Crippen molar-refractivity contribution in [1.82, 2.24) is 20.4 Å². The molecule has 2 amide bonds. The van der Waals surface area contributed by atoms with Crippen LogP contribution in [0.5, 0.6) is 0 Å². The van der Waals surface area contributed by atoms with E-state index in [1.54, 1.807) is 0 Å². The highest BCUT2D eigenvalue weighted by molar-refractivity contribution is 14.0. The van der Waals surface area contributed by atoms with Crippen LogP contribution in [0.2, 0.25) is 0 Å². The van der Waals surface area contributed by atoms with Gasteiger partial charge in [-0.3, -0.25) is 9.59 Å². The van der Waals surface area contributed by atoms with Crippen molar-refractivity contribution >= 4 is 41.8 Å². The molecule has 8 nitrogen and oxygen atoms in total. The van der Waals surface area contributed by atoms with Gasteiger partial charge in [0, 0.05) is 45.9 Å². The van der Waals surface area contributed by atoms with E-state index in [1.165, 1.54) is 0 Å². The van der Waals surface area contributed by atoms with Crippen LogP contribution in [-0.4, -0.2) is 86.1 Å². The van der Waals surface area contributed by atoms with E-state index in [-0.39, 0.29) is 48.4 Å². The number of carbonyl (C=O) groups is 2. The van der Waals surface area contributed by atoms with Gasteiger partial charge in [0.15, 0.2) is 5.96 Å². The highest BCUT2D eigenvalue weighted by Crippen LogP contribution is 2.16. The zero-order chi connectivity index (χ0) is 18.1. The van der Waals surface area contributed by atoms with Gasteiger partial charge in [-0.1, -0.05) is 6.92 Å². The average Bonchev–Trinajstić information content (AvgIpc) is 3.17. The monoisotopic (exact) mass is 481 g/mol. The molecule has 0 bridgehead atoms. The van der Waals surface area contributed by atoms with Crippen molar-refractivity contribution in [1.29, 1.82) is 0 Å². The fourth-order valence-corrected chi connectivity index (χ4v) is 3.01. The van der Waals surface area contributed by atoms with Gasteiger partial charge in [-0.2, -0.15) is 0 Å². The molecule has 2 aliphatic heterocycles. The SMILES string of the molecule is CCCNC(=O)CN=C(NCC)N1CCN(C(=O)C2CCCO2)CC1.I. The van der Waals surface area contributed by atoms with Crippen molar-refractivity contribution in [2.75, 3.05) is 52.4 Å². The van der Waals surface area contributed by atoms with Crippen LogP contribution in [0.4, 0.5) is 0 Å². The van der Waals surface area contributed by atoms with Gasteiger partial charge in [0.1, 0.15) is 12.6 Å². The summed E-state index contributed by atoms with van der Waals surface area (Å²) in [6, 6.07) is 0. The van der Waals surface area contributed by atoms with E-state index >= 15 is 0 Å². The molecule has 2 fully saturated rings. The van der Waals surface area contributed by atoms with Gasteiger partial charge in [0.2, 0.25) is 5.91 Å². The van der Waals surface area contributed by atoms with Crippen molar-refractivity contribution in [3.8, 4) is 0 Å². The molecule has 0 saturated carbocycles. The average molecular weight is 481 g/mol. The van der Waals surface area contributed by atoms with Crippen molar-refractivity contribution in [3.05, 3.63) is 0 Å². The lowest BCUT2D eigenvalue weighted by atomic mass is 10.2. The maximum atomic E-state index is 12.4. The first-order chi connectivity index (χ1) is 12.2. The fourth-order valence-electron chi connectivity index (χ4n) is 3.01. The molecule has 0 aliphatic carbocycles. The Morgan fingerprint density at radius 3 is 2.38 bits per heavy atom. The minimum atomic E-state index is -0.254. The number of halogens is 1. The number of hydrogen-bond donors (Lipinski definition) is 2. The third-order valence-electron chi connectivity index (χ3n) is 4.38. The summed E-state index contributed by atoms with van der Waals surface area (Å²) in [7, 11) is 0. The Labute approximate surface area is 173 Å². The van der Waals surface area contributed by atoms with Crippen molar-refractivity contribution in [3.63, 3.8) is 0 Å². The topological polar surface area (TPSA) is 86.3 Å². The van der Waals surface area contributed by atoms with Crippen LogP contribution in [-0.2, 0) is 14.3 Å². The summed E-state index contributed by atoms with van der Waals surface area (Å²) in [6.07, 6.45) is 2.45. The Morgan fingerprint density at radius 1 is 1.12 bits per heavy atom. The summed E-state index contributed by atoms with van der Waals surface area (Å²) in [5.41, 5.74) is 0. The zero-order valence-corrected chi connectivity index (χ0v) is 18.2. The number of ether oxygens (including phenoxy) is 1. The molecule has 0 radical (unpaired) electrons. The minimum Gasteiger partial charge on any atom is -0.368 e. The maximum Gasteiger partial charge on any atom is 0.251 e. The summed E-state index contributed by atoms with van der Waals surface area (Å²) in [5, 5.41) is 6.06. The third kappa shape index (κ3) is 6.90. The van der Waals surface area contributed by atoms with Gasteiger partial charge in [-0.05, 0) is 26.2 Å². The lowest BCUT2D eigenvalue weighted by Gasteiger charge is -2.37. The highest BCUT2D eigenvalue weighted by atomic mass is 127. The van der Waals surface area contributed by atoms with Gasteiger partial charge < -0.3 is 25.2 Å². The first-order valence-electron chi connectivity index (χ1n) is 9.36. The molecule has 1 unspecified atom stereocenters. The Morgan fingerprint density at radius 2 is 1.81 bits per heavy atom. The molecular formula is C17H32IN5O3. The summed E-state index contributed by atoms with van der Waals surface area (Å²) in [4.78, 5) is 32.6. The standard InChI is InChI=1S/C17H31N5O3.HI/c1-3-7-19-15(23)13-20-17(18-4-2)22-10-8-21(9-11-22)16(24)14-6-5-12-25-14;/h14H,3-13H2,1-2H3,(H,18,20)(H,19,23);1H. The van der Waals surface area contributed by atoms with Crippen LogP contribution in [0, 0.1) is 0 Å². The Bertz CT molecular complexity index is 475. The number of hydrogen-bond acceptors (Lipinski definition) is 4. The van der Waals surface area contributed by atoms with E-state index in [0.717, 1.165) is 31.8 Å². The number of nitrogens with one attached hydrogen (secondary N) is 2. The van der Waals surface area contributed by atoms with Gasteiger partial charge in [-0.25, -0.2) is 4.99 Å². The molecule has 2 rings (SSSR count). The Kier molecular flexibility index (Phi) is 10.9. The van der Waals surface area contributed by atoms with Gasteiger partial charge >= 0.3 is 0 Å². The Balaban J connectivity index is 0.00000338. The smallest absolute Gasteiger partial charge is 0.251 e. The number of piperazine rings is 1. The summed E-state index contributed by atoms with van der Waals surface area (Å²) in [5.74, 6) is 0.779. The molecule has 0 aromatic heterocycles. The number of carbonyl (C=O) groups excluding carboxylic acids is 2. The summed E-state index contributed by atoms with van der Waals surface area (Å²) >= 11 is 0. The maximum absolute atomic E-state index is 12.4. The molecule has 9 heteroatoms. The van der Waals surface area contributed by atoms with Crippen LogP contribution in [0.1, 0.15) is 33.1 Å². The number of guanidine groups is 1. The molecule has 150 valence electrons. The van der Waals surface area contributed by atoms with Crippen LogP contribution in [0.15, 0.2) is 4.99 Å². The molecule has 26 heavy (non-hydrogen) atoms. The van der Waals surface area contributed by atoms with E-state index in [1.807, 2.05) is 18.7 Å². The van der Waals surface area contributed by atoms with Crippen LogP contribution < -0.4 is 10.6 Å². The second-order valence-electron chi connectivity index (χ2n) is 6.33. The number of amides is 2. The molecule has 1 atom stereocenters. The predicted molar refractivity (Wildman–Crippen MR) is 112 cm³/mol. The Hall–Kier alpha value is -1.10. The lowest BCUT2D eigenvalue weighted by Crippen LogP contribution is -2.55. The van der Waals surface area contributed by atoms with E-state index < -0.39 is 0 Å². The lowest BCUT2D eigenvalue weighted by molar-refractivity contribution is -0.142. The number of nitrogens with zero attached hydrogens (tertiary/aromatic N) is 3. The van der Waals surface area contributed by atoms with Gasteiger partial charge in [0.25, 0.3) is 5.91 Å². The molecule has 0 spiro atoms. The number of rotatable bonds is 6. The van der Waals surface area contributed by atoms with Crippen molar-refractivity contribution < 1.29 is 14.3 Å². The summed E-state index contributed by atoms with van der Waals surface area (Å²) in [6.45, 7) is 8.98. The van der Waals surface area contributed by atoms with E-state index in [2.05, 4.69) is 20.5 Å². The normalized spacial score (nSPS) is 20.5. The van der Waals surface area contributed by atoms with Crippen LogP contribution in [0.3, 0.4) is 0 Å². The van der Waals surface area contributed by atoms with Crippen molar-refractivity contribution in [2.45, 2.75) is 39.2 Å². The third-order valence-corrected chi connectivity index (χ3v) is 4.38. The van der Waals surface area contributed by atoms with Crippen LogP contribution >= 0.6 is 24.0 Å². The van der Waals surface area contributed by atoms with E-state index in [9.17, 15) is 9.59 Å². The quantitative estimate of drug-likeness (QED) is 0.327. The van der Waals surface area contributed by atoms with E-state index in [0.29, 0.717) is 39.3 Å². The van der Waals surface area contributed by atoms with Crippen LogP contribution in [0.25, 0.3) is 0 Å². The zero-order valence-electron chi connectivity index (χ0n) is 15.8. The minimum absolute atomic E-state index is 0. The molecule has 2 heterocycles. The summed E-state index contributed by atoms with van der Waals surface area (Å²) < 4.78 is 5.49. The number of aliphatic imine (C=N–C) groups is 1. The van der Waals surface area contributed by atoms with Crippen molar-refractivity contribution in [2.24, 2.45) is 4.99 Å². The van der Waals surface area contributed by atoms with E-state index in [4.69, 9.17) is 4.74 Å². The largest absolute Gasteiger partial charge is 0.368 e. The molecule has 2 aliphatic rings. The molecule has 0 aromatic carbocycles. The highest BCUT2D eigenvalue weighted by Gasteiger charge is 2.30.